The number of nitrogens with zero attached hydrogens (tertiary/aromatic N) is 1. The van der Waals surface area contributed by atoms with Crippen molar-refractivity contribution in [3.63, 3.8) is 0 Å². The Balaban J connectivity index is 3.12. The fourth-order valence-electron chi connectivity index (χ4n) is 1.25. The third kappa shape index (κ3) is 3.44. The summed E-state index contributed by atoms with van der Waals surface area (Å²) in [5, 5.41) is 2.98. The summed E-state index contributed by atoms with van der Waals surface area (Å²) in [6, 6.07) is 4.68. The number of rotatable bonds is 3. The minimum absolute atomic E-state index is 0.151. The standard InChI is InChI=1S/C11H14ClN3O2/c1-15(2)11(17)8-4-3-7(12)5-9(8)14-10(16)6-13/h3-5H,6,13H2,1-2H3,(H,14,16). The van der Waals surface area contributed by atoms with Gasteiger partial charge in [0.15, 0.2) is 0 Å². The monoisotopic (exact) mass is 255 g/mol. The van der Waals surface area contributed by atoms with E-state index in [-0.39, 0.29) is 18.4 Å². The smallest absolute Gasteiger partial charge is 0.255 e. The molecular weight excluding hydrogens is 242 g/mol. The van der Waals surface area contributed by atoms with Crippen molar-refractivity contribution in [3.8, 4) is 0 Å². The van der Waals surface area contributed by atoms with Crippen molar-refractivity contribution in [3.05, 3.63) is 28.8 Å². The van der Waals surface area contributed by atoms with Crippen molar-refractivity contribution in [2.45, 2.75) is 0 Å². The third-order valence-corrected chi connectivity index (χ3v) is 2.31. The van der Waals surface area contributed by atoms with Crippen LogP contribution < -0.4 is 11.1 Å². The van der Waals surface area contributed by atoms with Gasteiger partial charge in [0.25, 0.3) is 5.91 Å². The summed E-state index contributed by atoms with van der Waals surface area (Å²) in [6.45, 7) is -0.151. The maximum absolute atomic E-state index is 11.8. The topological polar surface area (TPSA) is 75.4 Å². The second-order valence-corrected chi connectivity index (χ2v) is 4.08. The van der Waals surface area contributed by atoms with Crippen LogP contribution in [0.3, 0.4) is 0 Å². The highest BCUT2D eigenvalue weighted by Crippen LogP contribution is 2.22. The lowest BCUT2D eigenvalue weighted by atomic mass is 10.1. The predicted octanol–water partition coefficient (Wildman–Crippen LogP) is 0.939. The summed E-state index contributed by atoms with van der Waals surface area (Å²) < 4.78 is 0. The molecule has 0 radical (unpaired) electrons. The lowest BCUT2D eigenvalue weighted by Crippen LogP contribution is -2.26. The van der Waals surface area contributed by atoms with Gasteiger partial charge in [0.1, 0.15) is 0 Å². The van der Waals surface area contributed by atoms with Crippen molar-refractivity contribution in [1.82, 2.24) is 4.90 Å². The molecule has 0 aliphatic heterocycles. The van der Waals surface area contributed by atoms with E-state index in [0.717, 1.165) is 0 Å². The van der Waals surface area contributed by atoms with Crippen molar-refractivity contribution >= 4 is 29.1 Å². The Labute approximate surface area is 105 Å². The van der Waals surface area contributed by atoms with Crippen LogP contribution >= 0.6 is 11.6 Å². The van der Waals surface area contributed by atoms with E-state index in [4.69, 9.17) is 17.3 Å². The van der Waals surface area contributed by atoms with Gasteiger partial charge in [0.2, 0.25) is 5.91 Å². The van der Waals surface area contributed by atoms with Crippen molar-refractivity contribution in [2.24, 2.45) is 5.73 Å². The van der Waals surface area contributed by atoms with Crippen molar-refractivity contribution < 1.29 is 9.59 Å². The maximum Gasteiger partial charge on any atom is 0.255 e. The van der Waals surface area contributed by atoms with Crippen molar-refractivity contribution in [2.75, 3.05) is 26.0 Å². The minimum Gasteiger partial charge on any atom is -0.345 e. The van der Waals surface area contributed by atoms with E-state index in [2.05, 4.69) is 5.32 Å². The fraction of sp³-hybridized carbons (Fsp3) is 0.273. The van der Waals surface area contributed by atoms with Crippen LogP contribution in [0, 0.1) is 0 Å². The zero-order chi connectivity index (χ0) is 13.0. The maximum atomic E-state index is 11.8. The van der Waals surface area contributed by atoms with E-state index in [1.54, 1.807) is 26.2 Å². The molecule has 0 aliphatic rings. The first-order valence-electron chi connectivity index (χ1n) is 4.97. The zero-order valence-electron chi connectivity index (χ0n) is 9.66. The summed E-state index contributed by atoms with van der Waals surface area (Å²) in [6.07, 6.45) is 0. The van der Waals surface area contributed by atoms with Gasteiger partial charge < -0.3 is 16.0 Å². The van der Waals surface area contributed by atoms with Gasteiger partial charge in [0.05, 0.1) is 17.8 Å². The van der Waals surface area contributed by atoms with Crippen LogP contribution in [-0.4, -0.2) is 37.4 Å². The van der Waals surface area contributed by atoms with E-state index < -0.39 is 0 Å². The molecule has 1 rings (SSSR count). The SMILES string of the molecule is CN(C)C(=O)c1ccc(Cl)cc1NC(=O)CN. The Morgan fingerprint density at radius 2 is 2.06 bits per heavy atom. The molecule has 0 unspecified atom stereocenters. The first kappa shape index (κ1) is 13.5. The summed E-state index contributed by atoms with van der Waals surface area (Å²) >= 11 is 5.82. The molecule has 0 saturated carbocycles. The second kappa shape index (κ2) is 5.65. The number of nitrogens with two attached hydrogens (primary N) is 1. The van der Waals surface area contributed by atoms with Gasteiger partial charge in [0, 0.05) is 19.1 Å². The molecule has 0 aromatic heterocycles. The van der Waals surface area contributed by atoms with Crippen LogP contribution in [0.25, 0.3) is 0 Å². The number of benzene rings is 1. The Morgan fingerprint density at radius 1 is 1.41 bits per heavy atom. The second-order valence-electron chi connectivity index (χ2n) is 3.64. The highest BCUT2D eigenvalue weighted by Gasteiger charge is 2.14. The normalized spacial score (nSPS) is 9.88. The number of nitrogens with one attached hydrogen (secondary N) is 1. The lowest BCUT2D eigenvalue weighted by Gasteiger charge is -2.14. The Hall–Kier alpha value is -1.59. The number of hydrogen-bond acceptors (Lipinski definition) is 3. The average Bonchev–Trinajstić information content (AvgIpc) is 2.28. The number of carbonyl (C=O) groups excluding carboxylic acids is 2. The highest BCUT2D eigenvalue weighted by molar-refractivity contribution is 6.31. The summed E-state index contributed by atoms with van der Waals surface area (Å²) in [4.78, 5) is 24.5. The van der Waals surface area contributed by atoms with Gasteiger partial charge in [-0.05, 0) is 18.2 Å². The van der Waals surface area contributed by atoms with Gasteiger partial charge >= 0.3 is 0 Å². The molecule has 0 saturated heterocycles. The van der Waals surface area contributed by atoms with Gasteiger partial charge in [-0.1, -0.05) is 11.6 Å². The van der Waals surface area contributed by atoms with Gasteiger partial charge in [-0.2, -0.15) is 0 Å². The summed E-state index contributed by atoms with van der Waals surface area (Å²) in [7, 11) is 3.26. The van der Waals surface area contributed by atoms with E-state index in [9.17, 15) is 9.59 Å². The molecule has 0 atom stereocenters. The first-order valence-corrected chi connectivity index (χ1v) is 5.34. The van der Waals surface area contributed by atoms with Crippen LogP contribution in [0.5, 0.6) is 0 Å². The van der Waals surface area contributed by atoms with Crippen LogP contribution in [0.4, 0.5) is 5.69 Å². The lowest BCUT2D eigenvalue weighted by molar-refractivity contribution is -0.114. The van der Waals surface area contributed by atoms with Crippen LogP contribution in [0.2, 0.25) is 5.02 Å². The molecule has 2 amide bonds. The van der Waals surface area contributed by atoms with Gasteiger partial charge in [-0.25, -0.2) is 0 Å². The van der Waals surface area contributed by atoms with Crippen LogP contribution in [0.15, 0.2) is 18.2 Å². The molecule has 3 N–H and O–H groups in total. The predicted molar refractivity (Wildman–Crippen MR) is 67.2 cm³/mol. The van der Waals surface area contributed by atoms with E-state index >= 15 is 0 Å². The molecule has 17 heavy (non-hydrogen) atoms. The Kier molecular flexibility index (Phi) is 4.48. The summed E-state index contributed by atoms with van der Waals surface area (Å²) in [5.41, 5.74) is 5.95. The highest BCUT2D eigenvalue weighted by atomic mass is 35.5. The molecular formula is C11H14ClN3O2. The quantitative estimate of drug-likeness (QED) is 0.844. The molecule has 0 aliphatic carbocycles. The number of amides is 2. The molecule has 0 fully saturated rings. The molecule has 1 aromatic carbocycles. The van der Waals surface area contributed by atoms with E-state index in [1.165, 1.54) is 11.0 Å². The van der Waals surface area contributed by atoms with Crippen molar-refractivity contribution in [1.29, 1.82) is 0 Å². The number of carbonyl (C=O) groups is 2. The molecule has 0 spiro atoms. The Morgan fingerprint density at radius 3 is 2.59 bits per heavy atom. The third-order valence-electron chi connectivity index (χ3n) is 2.08. The Bertz CT molecular complexity index is 446. The largest absolute Gasteiger partial charge is 0.345 e. The molecule has 5 nitrogen and oxygen atoms in total. The molecule has 1 aromatic rings. The van der Waals surface area contributed by atoms with Crippen LogP contribution in [0.1, 0.15) is 10.4 Å². The number of anilines is 1. The zero-order valence-corrected chi connectivity index (χ0v) is 10.4. The minimum atomic E-state index is -0.375. The summed E-state index contributed by atoms with van der Waals surface area (Å²) in [5.74, 6) is -0.589. The fourth-order valence-corrected chi connectivity index (χ4v) is 1.42. The van der Waals surface area contributed by atoms with Gasteiger partial charge in [-0.15, -0.1) is 0 Å². The molecule has 6 heteroatoms. The molecule has 0 bridgehead atoms. The number of hydrogen-bond donors (Lipinski definition) is 2. The van der Waals surface area contributed by atoms with Gasteiger partial charge in [-0.3, -0.25) is 9.59 Å². The molecule has 92 valence electrons. The molecule has 0 heterocycles. The average molecular weight is 256 g/mol. The van der Waals surface area contributed by atoms with E-state index in [0.29, 0.717) is 16.3 Å². The van der Waals surface area contributed by atoms with E-state index in [1.807, 2.05) is 0 Å². The first-order chi connectivity index (χ1) is 7.95. The van der Waals surface area contributed by atoms with Crippen LogP contribution in [-0.2, 0) is 4.79 Å². The number of halogens is 1.